The molecule has 4 nitrogen and oxygen atoms in total. The Morgan fingerprint density at radius 1 is 1.67 bits per heavy atom. The van der Waals surface area contributed by atoms with Crippen LogP contribution >= 0.6 is 27.5 Å². The molecular weight excluding hydrogens is 297 g/mol. The molecular formula is C7H4BrClF2N2O2. The molecule has 82 valence electrons. The molecule has 0 aromatic carbocycles. The monoisotopic (exact) mass is 300 g/mol. The Labute approximate surface area is 96.5 Å². The molecule has 15 heavy (non-hydrogen) atoms. The highest BCUT2D eigenvalue weighted by atomic mass is 79.9. The lowest BCUT2D eigenvalue weighted by Crippen LogP contribution is -2.00. The van der Waals surface area contributed by atoms with Crippen molar-refractivity contribution in [1.82, 2.24) is 4.98 Å². The van der Waals surface area contributed by atoms with Gasteiger partial charge in [0.25, 0.3) is 11.6 Å². The lowest BCUT2D eigenvalue weighted by atomic mass is 10.1. The first-order valence-electron chi connectivity index (χ1n) is 3.65. The number of nitrogens with zero attached hydrogens (tertiary/aromatic N) is 2. The molecule has 0 bridgehead atoms. The predicted molar refractivity (Wildman–Crippen MR) is 53.5 cm³/mol. The number of nitro groups is 1. The first kappa shape index (κ1) is 12.3. The summed E-state index contributed by atoms with van der Waals surface area (Å²) in [6, 6.07) is 0.974. The van der Waals surface area contributed by atoms with Crippen molar-refractivity contribution in [2.24, 2.45) is 0 Å². The van der Waals surface area contributed by atoms with Gasteiger partial charge >= 0.3 is 5.82 Å². The summed E-state index contributed by atoms with van der Waals surface area (Å²) in [6.07, 6.45) is -2.81. The Bertz CT molecular complexity index is 403. The van der Waals surface area contributed by atoms with E-state index in [4.69, 9.17) is 11.6 Å². The van der Waals surface area contributed by atoms with E-state index >= 15 is 0 Å². The normalized spacial score (nSPS) is 10.7. The van der Waals surface area contributed by atoms with Crippen molar-refractivity contribution < 1.29 is 13.7 Å². The average molecular weight is 301 g/mol. The predicted octanol–water partition coefficient (Wildman–Crippen LogP) is 3.48. The molecule has 0 atom stereocenters. The maximum absolute atomic E-state index is 12.5. The maximum Gasteiger partial charge on any atom is 0.365 e. The first-order valence-corrected chi connectivity index (χ1v) is 5.15. The van der Waals surface area contributed by atoms with Gasteiger partial charge < -0.3 is 10.1 Å². The van der Waals surface area contributed by atoms with Crippen LogP contribution in [0, 0.1) is 10.1 Å². The molecule has 0 aliphatic heterocycles. The summed E-state index contributed by atoms with van der Waals surface area (Å²) in [4.78, 5) is 12.9. The zero-order valence-corrected chi connectivity index (χ0v) is 9.43. The summed E-state index contributed by atoms with van der Waals surface area (Å²) in [5, 5.41) is 9.90. The van der Waals surface area contributed by atoms with Gasteiger partial charge in [0, 0.05) is 11.4 Å². The molecule has 0 aliphatic rings. The van der Waals surface area contributed by atoms with Gasteiger partial charge in [-0.25, -0.2) is 8.78 Å². The molecule has 0 unspecified atom stereocenters. The highest BCUT2D eigenvalue weighted by molar-refractivity contribution is 9.08. The van der Waals surface area contributed by atoms with E-state index < -0.39 is 27.9 Å². The molecule has 1 rings (SSSR count). The summed E-state index contributed by atoms with van der Waals surface area (Å²) in [5.41, 5.74) is -0.407. The standard InChI is InChI=1S/C7H4BrClF2N2O2/c8-2-3-1-4(13(14)15)12-6(9)5(3)7(10)11/h1,7H,2H2. The van der Waals surface area contributed by atoms with E-state index in [1.165, 1.54) is 0 Å². The van der Waals surface area contributed by atoms with E-state index in [2.05, 4.69) is 20.9 Å². The van der Waals surface area contributed by atoms with Crippen LogP contribution in [-0.2, 0) is 5.33 Å². The van der Waals surface area contributed by atoms with Crippen LogP contribution in [0.25, 0.3) is 0 Å². The van der Waals surface area contributed by atoms with Crippen LogP contribution < -0.4 is 0 Å². The molecule has 0 fully saturated rings. The summed E-state index contributed by atoms with van der Waals surface area (Å²) < 4.78 is 25.0. The summed E-state index contributed by atoms with van der Waals surface area (Å²) in [5.74, 6) is -0.543. The molecule has 0 amide bonds. The fourth-order valence-corrected chi connectivity index (χ4v) is 1.75. The summed E-state index contributed by atoms with van der Waals surface area (Å²) in [6.45, 7) is 0. The SMILES string of the molecule is O=[N+]([O-])c1cc(CBr)c(C(F)F)c(Cl)n1. The van der Waals surface area contributed by atoms with Crippen molar-refractivity contribution in [2.45, 2.75) is 11.8 Å². The smallest absolute Gasteiger partial charge is 0.358 e. The molecule has 0 N–H and O–H groups in total. The maximum atomic E-state index is 12.5. The van der Waals surface area contributed by atoms with E-state index in [0.29, 0.717) is 0 Å². The molecule has 0 saturated heterocycles. The minimum absolute atomic E-state index is 0.0513. The van der Waals surface area contributed by atoms with E-state index in [0.717, 1.165) is 6.07 Å². The van der Waals surface area contributed by atoms with E-state index in [-0.39, 0.29) is 10.9 Å². The largest absolute Gasteiger partial charge is 0.365 e. The summed E-state index contributed by atoms with van der Waals surface area (Å²) in [7, 11) is 0. The number of hydrogen-bond acceptors (Lipinski definition) is 3. The number of alkyl halides is 3. The molecule has 0 radical (unpaired) electrons. The van der Waals surface area contributed by atoms with Gasteiger partial charge in [0.1, 0.15) is 0 Å². The topological polar surface area (TPSA) is 56.0 Å². The van der Waals surface area contributed by atoms with Gasteiger partial charge in [-0.15, -0.1) is 0 Å². The van der Waals surface area contributed by atoms with Crippen LogP contribution in [-0.4, -0.2) is 9.91 Å². The lowest BCUT2D eigenvalue weighted by molar-refractivity contribution is -0.389. The van der Waals surface area contributed by atoms with Gasteiger partial charge in [-0.1, -0.05) is 15.9 Å². The minimum atomic E-state index is -2.81. The number of halogens is 4. The van der Waals surface area contributed by atoms with Crippen molar-refractivity contribution in [2.75, 3.05) is 0 Å². The van der Waals surface area contributed by atoms with Gasteiger partial charge in [0.2, 0.25) is 0 Å². The third kappa shape index (κ3) is 2.60. The van der Waals surface area contributed by atoms with Crippen LogP contribution in [0.15, 0.2) is 6.07 Å². The van der Waals surface area contributed by atoms with E-state index in [1.807, 2.05) is 0 Å². The zero-order valence-electron chi connectivity index (χ0n) is 7.08. The first-order chi connectivity index (χ1) is 6.97. The zero-order chi connectivity index (χ0) is 11.6. The molecule has 0 aliphatic carbocycles. The number of hydrogen-bond donors (Lipinski definition) is 0. The quantitative estimate of drug-likeness (QED) is 0.372. The average Bonchev–Trinajstić information content (AvgIpc) is 2.15. The van der Waals surface area contributed by atoms with Crippen molar-refractivity contribution in [1.29, 1.82) is 0 Å². The van der Waals surface area contributed by atoms with Crippen molar-refractivity contribution in [3.8, 4) is 0 Å². The Morgan fingerprint density at radius 3 is 2.67 bits per heavy atom. The Balaban J connectivity index is 3.37. The van der Waals surface area contributed by atoms with E-state index in [1.54, 1.807) is 0 Å². The Hall–Kier alpha value is -0.820. The van der Waals surface area contributed by atoms with Crippen molar-refractivity contribution in [3.63, 3.8) is 0 Å². The van der Waals surface area contributed by atoms with Crippen molar-refractivity contribution in [3.05, 3.63) is 32.5 Å². The highest BCUT2D eigenvalue weighted by Crippen LogP contribution is 2.32. The van der Waals surface area contributed by atoms with Gasteiger partial charge in [-0.05, 0) is 27.1 Å². The van der Waals surface area contributed by atoms with E-state index in [9.17, 15) is 18.9 Å². The lowest BCUT2D eigenvalue weighted by Gasteiger charge is -2.05. The molecule has 0 saturated carbocycles. The van der Waals surface area contributed by atoms with Crippen LogP contribution in [0.2, 0.25) is 5.15 Å². The highest BCUT2D eigenvalue weighted by Gasteiger charge is 2.24. The fourth-order valence-electron chi connectivity index (χ4n) is 0.993. The van der Waals surface area contributed by atoms with Gasteiger partial charge in [-0.3, -0.25) is 0 Å². The number of pyridine rings is 1. The molecule has 0 spiro atoms. The van der Waals surface area contributed by atoms with Gasteiger partial charge in [0.15, 0.2) is 0 Å². The second-order valence-corrected chi connectivity index (χ2v) is 3.45. The van der Waals surface area contributed by atoms with Gasteiger partial charge in [-0.2, -0.15) is 0 Å². The minimum Gasteiger partial charge on any atom is -0.358 e. The molecule has 8 heteroatoms. The number of rotatable bonds is 3. The third-order valence-electron chi connectivity index (χ3n) is 1.63. The third-order valence-corrected chi connectivity index (χ3v) is 2.53. The van der Waals surface area contributed by atoms with Crippen LogP contribution in [0.3, 0.4) is 0 Å². The molecule has 1 aromatic rings. The van der Waals surface area contributed by atoms with Crippen molar-refractivity contribution >= 4 is 33.3 Å². The second kappa shape index (κ2) is 4.80. The summed E-state index contributed by atoms with van der Waals surface area (Å²) >= 11 is 8.39. The second-order valence-electron chi connectivity index (χ2n) is 2.54. The van der Waals surface area contributed by atoms with Gasteiger partial charge in [0.05, 0.1) is 5.56 Å². The fraction of sp³-hybridized carbons (Fsp3) is 0.286. The Kier molecular flexibility index (Phi) is 3.92. The molecule has 1 heterocycles. The van der Waals surface area contributed by atoms with Crippen LogP contribution in [0.5, 0.6) is 0 Å². The van der Waals surface area contributed by atoms with Crippen LogP contribution in [0.1, 0.15) is 17.6 Å². The number of aromatic nitrogens is 1. The molecule has 1 aromatic heterocycles. The Morgan fingerprint density at radius 2 is 2.27 bits per heavy atom. The van der Waals surface area contributed by atoms with Crippen LogP contribution in [0.4, 0.5) is 14.6 Å².